The van der Waals surface area contributed by atoms with Crippen LogP contribution in [0.3, 0.4) is 0 Å². The molecule has 0 radical (unpaired) electrons. The largest absolute Gasteiger partial charge is 0.493 e. The van der Waals surface area contributed by atoms with Gasteiger partial charge in [0.2, 0.25) is 0 Å². The molecular weight excluding hydrogens is 272 g/mol. The fourth-order valence-corrected chi connectivity index (χ4v) is 2.86. The Kier molecular flexibility index (Phi) is 3.88. The van der Waals surface area contributed by atoms with E-state index in [9.17, 15) is 8.78 Å². The zero-order valence-electron chi connectivity index (χ0n) is 11.8. The Hall–Kier alpha value is -1.94. The predicted molar refractivity (Wildman–Crippen MR) is 77.5 cm³/mol. The molecule has 0 spiro atoms. The van der Waals surface area contributed by atoms with Crippen molar-refractivity contribution in [2.24, 2.45) is 0 Å². The first-order valence-electron chi connectivity index (χ1n) is 7.07. The highest BCUT2D eigenvalue weighted by Gasteiger charge is 2.23. The number of hydrogen-bond donors (Lipinski definition) is 1. The Balaban J connectivity index is 2.10. The molecule has 1 N–H and O–H groups in total. The van der Waals surface area contributed by atoms with Crippen molar-refractivity contribution in [3.8, 4) is 5.75 Å². The molecule has 3 rings (SSSR count). The van der Waals surface area contributed by atoms with Gasteiger partial charge in [-0.3, -0.25) is 0 Å². The van der Waals surface area contributed by atoms with Crippen molar-refractivity contribution in [2.45, 2.75) is 18.9 Å². The lowest BCUT2D eigenvalue weighted by Gasteiger charge is -2.25. The average Bonchev–Trinajstić information content (AvgIpc) is 2.51. The molecule has 0 amide bonds. The van der Waals surface area contributed by atoms with Crippen molar-refractivity contribution in [1.82, 2.24) is 5.32 Å². The van der Waals surface area contributed by atoms with Gasteiger partial charge in [-0.15, -0.1) is 0 Å². The number of rotatable bonds is 3. The zero-order chi connectivity index (χ0) is 14.8. The molecule has 0 aromatic heterocycles. The summed E-state index contributed by atoms with van der Waals surface area (Å²) >= 11 is 0. The Morgan fingerprint density at radius 3 is 2.81 bits per heavy atom. The van der Waals surface area contributed by atoms with Crippen molar-refractivity contribution < 1.29 is 13.5 Å². The second kappa shape index (κ2) is 5.82. The monoisotopic (exact) mass is 289 g/mol. The number of para-hydroxylation sites is 1. The van der Waals surface area contributed by atoms with E-state index in [4.69, 9.17) is 4.74 Å². The summed E-state index contributed by atoms with van der Waals surface area (Å²) in [4.78, 5) is 0. The van der Waals surface area contributed by atoms with Gasteiger partial charge in [0.05, 0.1) is 12.6 Å². The molecule has 0 fully saturated rings. The van der Waals surface area contributed by atoms with Crippen LogP contribution < -0.4 is 10.1 Å². The minimum atomic E-state index is -0.447. The number of fused-ring (bicyclic) bond motifs is 1. The molecule has 2 aromatic rings. The minimum absolute atomic E-state index is 0.292. The van der Waals surface area contributed by atoms with Crippen LogP contribution in [-0.2, 0) is 6.42 Å². The van der Waals surface area contributed by atoms with Crippen LogP contribution in [0, 0.1) is 11.6 Å². The van der Waals surface area contributed by atoms with Crippen molar-refractivity contribution in [1.29, 1.82) is 0 Å². The SMILES string of the molecule is CNC(c1cc(F)ccc1F)c1cccc2c1OCCC2. The lowest BCUT2D eigenvalue weighted by molar-refractivity contribution is 0.283. The number of benzene rings is 2. The molecule has 4 heteroatoms. The van der Waals surface area contributed by atoms with Gasteiger partial charge in [-0.25, -0.2) is 8.78 Å². The van der Waals surface area contributed by atoms with Gasteiger partial charge < -0.3 is 10.1 Å². The summed E-state index contributed by atoms with van der Waals surface area (Å²) in [6, 6.07) is 8.94. The molecule has 1 atom stereocenters. The van der Waals surface area contributed by atoms with E-state index < -0.39 is 17.7 Å². The van der Waals surface area contributed by atoms with E-state index in [1.165, 1.54) is 6.07 Å². The molecule has 110 valence electrons. The second-order valence-corrected chi connectivity index (χ2v) is 5.18. The summed E-state index contributed by atoms with van der Waals surface area (Å²) in [7, 11) is 1.73. The Bertz CT molecular complexity index is 657. The van der Waals surface area contributed by atoms with Crippen LogP contribution in [0.2, 0.25) is 0 Å². The maximum absolute atomic E-state index is 14.1. The molecular formula is C17H17F2NO. The van der Waals surface area contributed by atoms with Crippen LogP contribution in [0.15, 0.2) is 36.4 Å². The highest BCUT2D eigenvalue weighted by molar-refractivity contribution is 5.48. The standard InChI is InChI=1S/C17H17F2NO/c1-20-16(14-10-12(18)7-8-15(14)19)13-6-2-4-11-5-3-9-21-17(11)13/h2,4,6-8,10,16,20H,3,5,9H2,1H3. The number of aryl methyl sites for hydroxylation is 1. The molecule has 2 nitrogen and oxygen atoms in total. The van der Waals surface area contributed by atoms with Gasteiger partial charge in [0.1, 0.15) is 17.4 Å². The van der Waals surface area contributed by atoms with Crippen LogP contribution in [0.25, 0.3) is 0 Å². The minimum Gasteiger partial charge on any atom is -0.493 e. The molecule has 2 aromatic carbocycles. The van der Waals surface area contributed by atoms with E-state index >= 15 is 0 Å². The number of ether oxygens (including phenoxy) is 1. The highest BCUT2D eigenvalue weighted by Crippen LogP contribution is 2.36. The van der Waals surface area contributed by atoms with Crippen molar-refractivity contribution >= 4 is 0 Å². The third-order valence-corrected chi connectivity index (χ3v) is 3.83. The third kappa shape index (κ3) is 2.63. The second-order valence-electron chi connectivity index (χ2n) is 5.18. The van der Waals surface area contributed by atoms with Gasteiger partial charge in [-0.2, -0.15) is 0 Å². The van der Waals surface area contributed by atoms with E-state index in [1.807, 2.05) is 18.2 Å². The molecule has 1 aliphatic rings. The summed E-state index contributed by atoms with van der Waals surface area (Å²) in [5.74, 6) is -0.0757. The van der Waals surface area contributed by atoms with Crippen LogP contribution in [-0.4, -0.2) is 13.7 Å². The van der Waals surface area contributed by atoms with Crippen LogP contribution in [0.5, 0.6) is 5.75 Å². The summed E-state index contributed by atoms with van der Waals surface area (Å²) in [6.45, 7) is 0.659. The maximum atomic E-state index is 14.1. The fraction of sp³-hybridized carbons (Fsp3) is 0.294. The van der Waals surface area contributed by atoms with Gasteiger partial charge in [0.25, 0.3) is 0 Å². The molecule has 0 bridgehead atoms. The van der Waals surface area contributed by atoms with Crippen molar-refractivity contribution in [3.05, 3.63) is 64.7 Å². The van der Waals surface area contributed by atoms with E-state index in [-0.39, 0.29) is 0 Å². The Labute approximate surface area is 122 Å². The van der Waals surface area contributed by atoms with Crippen LogP contribution in [0.4, 0.5) is 8.78 Å². The van der Waals surface area contributed by atoms with Crippen molar-refractivity contribution in [2.75, 3.05) is 13.7 Å². The molecule has 1 unspecified atom stereocenters. The Morgan fingerprint density at radius 2 is 2.00 bits per heavy atom. The van der Waals surface area contributed by atoms with E-state index in [0.717, 1.165) is 41.9 Å². The average molecular weight is 289 g/mol. The first-order chi connectivity index (χ1) is 10.2. The molecule has 0 saturated heterocycles. The molecule has 0 saturated carbocycles. The first kappa shape index (κ1) is 14.0. The quantitative estimate of drug-likeness (QED) is 0.932. The predicted octanol–water partition coefficient (Wildman–Crippen LogP) is 3.60. The highest BCUT2D eigenvalue weighted by atomic mass is 19.1. The van der Waals surface area contributed by atoms with E-state index in [0.29, 0.717) is 12.2 Å². The topological polar surface area (TPSA) is 21.3 Å². The Morgan fingerprint density at radius 1 is 1.14 bits per heavy atom. The van der Waals surface area contributed by atoms with Gasteiger partial charge in [-0.1, -0.05) is 18.2 Å². The summed E-state index contributed by atoms with van der Waals surface area (Å²) in [5.41, 5.74) is 2.26. The van der Waals surface area contributed by atoms with Crippen LogP contribution >= 0.6 is 0 Å². The lowest BCUT2D eigenvalue weighted by Crippen LogP contribution is -2.22. The van der Waals surface area contributed by atoms with Gasteiger partial charge in [0, 0.05) is 11.1 Å². The van der Waals surface area contributed by atoms with E-state index in [2.05, 4.69) is 5.32 Å². The third-order valence-electron chi connectivity index (χ3n) is 3.83. The number of nitrogens with one attached hydrogen (secondary N) is 1. The smallest absolute Gasteiger partial charge is 0.128 e. The first-order valence-corrected chi connectivity index (χ1v) is 7.07. The molecule has 21 heavy (non-hydrogen) atoms. The summed E-state index contributed by atoms with van der Waals surface area (Å²) in [5, 5.41) is 3.07. The van der Waals surface area contributed by atoms with Gasteiger partial charge in [0.15, 0.2) is 0 Å². The normalized spacial score (nSPS) is 15.2. The molecule has 1 heterocycles. The van der Waals surface area contributed by atoms with Gasteiger partial charge in [-0.05, 0) is 43.7 Å². The lowest BCUT2D eigenvalue weighted by atomic mass is 9.93. The molecule has 0 aliphatic carbocycles. The number of halogens is 2. The van der Waals surface area contributed by atoms with Crippen LogP contribution in [0.1, 0.15) is 29.2 Å². The molecule has 1 aliphatic heterocycles. The maximum Gasteiger partial charge on any atom is 0.128 e. The summed E-state index contributed by atoms with van der Waals surface area (Å²) < 4.78 is 33.3. The van der Waals surface area contributed by atoms with Crippen molar-refractivity contribution in [3.63, 3.8) is 0 Å². The summed E-state index contributed by atoms with van der Waals surface area (Å²) in [6.07, 6.45) is 1.93. The number of hydrogen-bond acceptors (Lipinski definition) is 2. The van der Waals surface area contributed by atoms with E-state index in [1.54, 1.807) is 7.05 Å². The zero-order valence-corrected chi connectivity index (χ0v) is 11.8. The fourth-order valence-electron chi connectivity index (χ4n) is 2.86. The van der Waals surface area contributed by atoms with Gasteiger partial charge >= 0.3 is 0 Å².